The van der Waals surface area contributed by atoms with Gasteiger partial charge in [-0.3, -0.25) is 0 Å². The molecule has 0 saturated carbocycles. The van der Waals surface area contributed by atoms with Gasteiger partial charge < -0.3 is 37.1 Å². The molecule has 8 heterocycles. The molecule has 0 radical (unpaired) electrons. The third kappa shape index (κ3) is 7.50. The number of fused-ring (bicyclic) bond motifs is 19. The van der Waals surface area contributed by atoms with E-state index in [1.54, 1.807) is 12.1 Å². The molecule has 13 heteroatoms. The van der Waals surface area contributed by atoms with Crippen LogP contribution in [0.3, 0.4) is 0 Å². The molecule has 16 aromatic rings. The lowest BCUT2D eigenvalue weighted by Crippen LogP contribution is -2.55. The third-order valence-corrected chi connectivity index (χ3v) is 20.3. The van der Waals surface area contributed by atoms with E-state index in [0.29, 0.717) is 43.8 Å². The SMILES string of the molecule is O=C(OCc1ccccc1)c1cccc2c1c1c(C(=O)OCc3ccccc3)ccc3c1n2-c1cccc2c1B3n1c3c-2cccc3c2c1c1cccc3c1n2C1c2c-3cccc2-n2c3cccc(C(=O)OCc4ccccc4)c3c3c(C(=O)OCc4ccccc4)ccc1c32. The minimum atomic E-state index is -0.513. The predicted octanol–water partition coefficient (Wildman–Crippen LogP) is 16.3. The number of hydrogen-bond acceptors (Lipinski definition) is 8. The molecule has 0 amide bonds. The quantitative estimate of drug-likeness (QED) is 0.0673. The maximum Gasteiger partial charge on any atom is 0.339 e. The minimum absolute atomic E-state index is 0.0565. The van der Waals surface area contributed by atoms with Crippen molar-refractivity contribution < 1.29 is 38.1 Å². The summed E-state index contributed by atoms with van der Waals surface area (Å²) in [5, 5.41) is 4.53. The van der Waals surface area contributed by atoms with Crippen molar-refractivity contribution >= 4 is 118 Å². The van der Waals surface area contributed by atoms with Crippen molar-refractivity contribution in [2.24, 2.45) is 0 Å². The van der Waals surface area contributed by atoms with Crippen LogP contribution in [0.25, 0.3) is 110 Å². The Hall–Kier alpha value is -12.5. The van der Waals surface area contributed by atoms with Gasteiger partial charge in [-0.2, -0.15) is 0 Å². The van der Waals surface area contributed by atoms with E-state index in [2.05, 4.69) is 103 Å². The Kier molecular flexibility index (Phi) is 11.6. The molecule has 0 spiro atoms. The van der Waals surface area contributed by atoms with E-state index in [1.807, 2.05) is 158 Å². The molecule has 20 rings (SSSR count). The summed E-state index contributed by atoms with van der Waals surface area (Å²) < 4.78 is 34.4. The molecule has 4 aliphatic rings. The molecule has 0 N–H and O–H groups in total. The van der Waals surface area contributed by atoms with Crippen molar-refractivity contribution in [3.63, 3.8) is 0 Å². The minimum Gasteiger partial charge on any atom is -0.457 e. The number of benzene rings is 12. The largest absolute Gasteiger partial charge is 0.457 e. The van der Waals surface area contributed by atoms with Crippen LogP contribution in [-0.2, 0) is 45.4 Å². The molecule has 1 unspecified atom stereocenters. The van der Waals surface area contributed by atoms with Gasteiger partial charge in [0.25, 0.3) is 0 Å². The Morgan fingerprint density at radius 1 is 0.333 bits per heavy atom. The van der Waals surface area contributed by atoms with Crippen LogP contribution in [0.2, 0.25) is 0 Å². The van der Waals surface area contributed by atoms with Gasteiger partial charge in [-0.25, -0.2) is 19.2 Å². The fraction of sp³-hybridized carbons (Fsp3) is 0.0602. The number of rotatable bonds is 12. The molecule has 4 aromatic heterocycles. The molecular formula is C83H51BN4O8. The van der Waals surface area contributed by atoms with Crippen molar-refractivity contribution in [2.45, 2.75) is 32.5 Å². The molecule has 0 bridgehead atoms. The zero-order valence-electron chi connectivity index (χ0n) is 51.3. The lowest BCUT2D eigenvalue weighted by atomic mass is 9.45. The highest BCUT2D eigenvalue weighted by Gasteiger charge is 2.46. The zero-order chi connectivity index (χ0) is 63.6. The van der Waals surface area contributed by atoms with Gasteiger partial charge in [0.1, 0.15) is 26.4 Å². The molecule has 4 aliphatic heterocycles. The van der Waals surface area contributed by atoms with E-state index in [-0.39, 0.29) is 26.4 Å². The van der Waals surface area contributed by atoms with Crippen molar-refractivity contribution in [2.75, 3.05) is 0 Å². The van der Waals surface area contributed by atoms with Crippen LogP contribution in [0.15, 0.2) is 255 Å². The van der Waals surface area contributed by atoms with Crippen molar-refractivity contribution in [1.29, 1.82) is 0 Å². The van der Waals surface area contributed by atoms with Gasteiger partial charge in [-0.05, 0) is 92.8 Å². The summed E-state index contributed by atoms with van der Waals surface area (Å²) in [4.78, 5) is 59.8. The number of aromatic nitrogens is 4. The fourth-order valence-electron chi connectivity index (χ4n) is 16.5. The van der Waals surface area contributed by atoms with Gasteiger partial charge in [0.05, 0.1) is 72.6 Å². The average Bonchev–Trinajstić information content (AvgIpc) is 1.47. The van der Waals surface area contributed by atoms with Gasteiger partial charge in [0.2, 0.25) is 0 Å². The molecule has 12 aromatic carbocycles. The number of hydrogen-bond donors (Lipinski definition) is 0. The lowest BCUT2D eigenvalue weighted by Gasteiger charge is -2.36. The number of esters is 4. The van der Waals surface area contributed by atoms with Gasteiger partial charge in [0, 0.05) is 65.8 Å². The Morgan fingerprint density at radius 3 is 1.30 bits per heavy atom. The molecule has 454 valence electrons. The number of carbonyl (C=O) groups excluding carboxylic acids is 4. The van der Waals surface area contributed by atoms with Gasteiger partial charge in [-0.15, -0.1) is 0 Å². The smallest absolute Gasteiger partial charge is 0.339 e. The molecule has 12 nitrogen and oxygen atoms in total. The van der Waals surface area contributed by atoms with Crippen LogP contribution >= 0.6 is 0 Å². The van der Waals surface area contributed by atoms with E-state index in [9.17, 15) is 9.59 Å². The first-order chi connectivity index (χ1) is 47.4. The highest BCUT2D eigenvalue weighted by molar-refractivity contribution is 6.90. The van der Waals surface area contributed by atoms with Crippen LogP contribution in [0.1, 0.15) is 80.9 Å². The van der Waals surface area contributed by atoms with Gasteiger partial charge in [0.15, 0.2) is 0 Å². The number of carbonyl (C=O) groups is 4. The zero-order valence-corrected chi connectivity index (χ0v) is 51.3. The third-order valence-electron chi connectivity index (χ3n) is 20.3. The maximum atomic E-state index is 15.1. The van der Waals surface area contributed by atoms with Crippen molar-refractivity contribution in [3.8, 4) is 33.6 Å². The maximum absolute atomic E-state index is 15.1. The number of para-hydroxylation sites is 2. The van der Waals surface area contributed by atoms with E-state index in [0.717, 1.165) is 133 Å². The van der Waals surface area contributed by atoms with E-state index < -0.39 is 36.8 Å². The normalized spacial score (nSPS) is 13.4. The first kappa shape index (κ1) is 54.1. The fourth-order valence-corrected chi connectivity index (χ4v) is 16.5. The van der Waals surface area contributed by atoms with Gasteiger partial charge >= 0.3 is 30.7 Å². The van der Waals surface area contributed by atoms with E-state index in [4.69, 9.17) is 18.9 Å². The lowest BCUT2D eigenvalue weighted by molar-refractivity contribution is 0.0465. The van der Waals surface area contributed by atoms with Crippen LogP contribution < -0.4 is 10.9 Å². The van der Waals surface area contributed by atoms with Crippen LogP contribution in [0.4, 0.5) is 0 Å². The summed E-state index contributed by atoms with van der Waals surface area (Å²) >= 11 is 0. The molecule has 0 aliphatic carbocycles. The summed E-state index contributed by atoms with van der Waals surface area (Å²) in [7, 11) is 0. The van der Waals surface area contributed by atoms with Crippen LogP contribution in [-0.4, -0.2) is 48.9 Å². The van der Waals surface area contributed by atoms with Crippen molar-refractivity contribution in [3.05, 3.63) is 310 Å². The molecule has 0 fully saturated rings. The monoisotopic (exact) mass is 1240 g/mol. The molecular weight excluding hydrogens is 1190 g/mol. The summed E-state index contributed by atoms with van der Waals surface area (Å²) in [6.45, 7) is -0.202. The Morgan fingerprint density at radius 2 is 0.760 bits per heavy atom. The Labute approximate surface area is 548 Å². The van der Waals surface area contributed by atoms with E-state index >= 15 is 9.59 Å². The predicted molar refractivity (Wildman–Crippen MR) is 374 cm³/mol. The summed E-state index contributed by atoms with van der Waals surface area (Å²) in [5.41, 5.74) is 22.3. The molecule has 96 heavy (non-hydrogen) atoms. The van der Waals surface area contributed by atoms with Crippen molar-refractivity contribution in [1.82, 2.24) is 18.2 Å². The summed E-state index contributed by atoms with van der Waals surface area (Å²) in [5.74, 6) is -2.04. The second-order valence-corrected chi connectivity index (χ2v) is 25.3. The van der Waals surface area contributed by atoms with Crippen LogP contribution in [0, 0.1) is 0 Å². The Bertz CT molecular complexity index is 5750. The molecule has 1 atom stereocenters. The first-order valence-corrected chi connectivity index (χ1v) is 32.3. The highest BCUT2D eigenvalue weighted by atomic mass is 16.5. The first-order valence-electron chi connectivity index (χ1n) is 32.3. The van der Waals surface area contributed by atoms with Crippen LogP contribution in [0.5, 0.6) is 0 Å². The Balaban J connectivity index is 0.839. The average molecular weight is 1240 g/mol. The topological polar surface area (TPSA) is 125 Å². The summed E-state index contributed by atoms with van der Waals surface area (Å²) in [6, 6.07) is 83.9. The number of nitrogens with zero attached hydrogens (tertiary/aromatic N) is 4. The van der Waals surface area contributed by atoms with E-state index in [1.165, 1.54) is 0 Å². The summed E-state index contributed by atoms with van der Waals surface area (Å²) in [6.07, 6.45) is 0. The second kappa shape index (κ2) is 20.5. The molecule has 0 saturated heterocycles. The number of ether oxygens (including phenoxy) is 4. The highest BCUT2D eigenvalue weighted by Crippen LogP contribution is 2.57. The van der Waals surface area contributed by atoms with Gasteiger partial charge in [-0.1, -0.05) is 206 Å². The standard InChI is InChI=1S/C83H51BN4O8/c89-80(93-43-47-19-5-1-6-20-47)55-31-17-35-63-67(55)70-57(82(91)95-45-49-23-9-3-10-24-49)39-40-61-75-69-51(27-15-37-65(69)85(63)76(61)70)53-29-13-33-59-73(53)87(75)77-60-34-14-30-54-52-28-16-38-66-72(52)84(88(74(54)60)78(59)77)62-42-41-58(83(92)96-46-50-25-11-4-12-26-50)71-68-56(32-18-36-64(68)86(66)79(62)71)81(90)94-44-48-21-7-2-8-22-48/h1-42,75H,43-46H2. The second-order valence-electron chi connectivity index (χ2n) is 25.3.